The number of rotatable bonds is 1. The number of aromatic nitrogens is 1. The van der Waals surface area contributed by atoms with Crippen molar-refractivity contribution in [2.24, 2.45) is 0 Å². The zero-order valence-corrected chi connectivity index (χ0v) is 12.1. The molecular weight excluding hydrogens is 276 g/mol. The highest BCUT2D eigenvalue weighted by molar-refractivity contribution is 6.29. The lowest BCUT2D eigenvalue weighted by molar-refractivity contribution is 0.0373. The van der Waals surface area contributed by atoms with Crippen LogP contribution in [-0.4, -0.2) is 52.9 Å². The molecule has 1 atom stereocenters. The predicted molar refractivity (Wildman–Crippen MR) is 78.8 cm³/mol. The molecule has 6 heteroatoms. The molecule has 1 amide bonds. The zero-order valence-electron chi connectivity index (χ0n) is 11.4. The van der Waals surface area contributed by atoms with E-state index in [-0.39, 0.29) is 5.91 Å². The van der Waals surface area contributed by atoms with Gasteiger partial charge in [0.05, 0.1) is 17.4 Å². The van der Waals surface area contributed by atoms with Crippen LogP contribution in [-0.2, 0) is 0 Å². The fourth-order valence-electron chi connectivity index (χ4n) is 3.14. The van der Waals surface area contributed by atoms with Gasteiger partial charge in [-0.25, -0.2) is 4.98 Å². The summed E-state index contributed by atoms with van der Waals surface area (Å²) in [6, 6.07) is 2.06. The van der Waals surface area contributed by atoms with Crippen LogP contribution < -0.4 is 5.73 Å². The van der Waals surface area contributed by atoms with Crippen molar-refractivity contribution in [1.29, 1.82) is 0 Å². The quantitative estimate of drug-likeness (QED) is 0.800. The summed E-state index contributed by atoms with van der Waals surface area (Å²) in [4.78, 5) is 20.9. The van der Waals surface area contributed by atoms with E-state index in [0.29, 0.717) is 22.4 Å². The lowest BCUT2D eigenvalue weighted by Gasteiger charge is -2.44. The number of halogens is 1. The summed E-state index contributed by atoms with van der Waals surface area (Å²) in [5.74, 6) is -0.0305. The number of amides is 1. The van der Waals surface area contributed by atoms with Crippen molar-refractivity contribution in [1.82, 2.24) is 14.8 Å². The Morgan fingerprint density at radius 2 is 2.20 bits per heavy atom. The summed E-state index contributed by atoms with van der Waals surface area (Å²) in [7, 11) is 0. The Morgan fingerprint density at radius 3 is 3.05 bits per heavy atom. The minimum Gasteiger partial charge on any atom is -0.397 e. The second kappa shape index (κ2) is 5.58. The number of nitrogens with two attached hydrogens (primary N) is 1. The van der Waals surface area contributed by atoms with Crippen LogP contribution in [0.3, 0.4) is 0 Å². The second-order valence-corrected chi connectivity index (χ2v) is 5.92. The molecule has 20 heavy (non-hydrogen) atoms. The molecule has 2 fully saturated rings. The maximum atomic E-state index is 12.6. The van der Waals surface area contributed by atoms with E-state index in [1.165, 1.54) is 25.5 Å². The molecule has 0 aliphatic carbocycles. The Hall–Kier alpha value is -1.33. The Morgan fingerprint density at radius 1 is 1.35 bits per heavy atom. The topological polar surface area (TPSA) is 62.5 Å². The SMILES string of the molecule is Nc1cnc(Cl)cc1C(=O)N1CCN2CCCCC2C1. The number of anilines is 1. The zero-order chi connectivity index (χ0) is 14.1. The molecule has 2 saturated heterocycles. The van der Waals surface area contributed by atoms with Crippen LogP contribution in [0.15, 0.2) is 12.3 Å². The molecule has 2 aliphatic rings. The first-order valence-electron chi connectivity index (χ1n) is 7.09. The minimum absolute atomic E-state index is 0.0305. The molecule has 0 saturated carbocycles. The fourth-order valence-corrected chi connectivity index (χ4v) is 3.29. The maximum absolute atomic E-state index is 12.6. The Labute approximate surface area is 123 Å². The van der Waals surface area contributed by atoms with Crippen molar-refractivity contribution in [3.05, 3.63) is 23.0 Å². The Bertz CT molecular complexity index is 522. The first kappa shape index (κ1) is 13.6. The van der Waals surface area contributed by atoms with E-state index in [0.717, 1.165) is 26.2 Å². The number of nitrogen functional groups attached to an aromatic ring is 1. The third kappa shape index (κ3) is 2.60. The van der Waals surface area contributed by atoms with Gasteiger partial charge in [0.1, 0.15) is 5.15 Å². The van der Waals surface area contributed by atoms with Crippen LogP contribution in [0.2, 0.25) is 5.15 Å². The molecule has 5 nitrogen and oxygen atoms in total. The summed E-state index contributed by atoms with van der Waals surface area (Å²) >= 11 is 5.86. The molecule has 3 heterocycles. The monoisotopic (exact) mass is 294 g/mol. The van der Waals surface area contributed by atoms with E-state index >= 15 is 0 Å². The van der Waals surface area contributed by atoms with Gasteiger partial charge < -0.3 is 10.6 Å². The molecule has 3 rings (SSSR count). The van der Waals surface area contributed by atoms with Gasteiger partial charge in [0, 0.05) is 25.7 Å². The molecular formula is C14H19ClN4O. The van der Waals surface area contributed by atoms with Crippen LogP contribution in [0.1, 0.15) is 29.6 Å². The van der Waals surface area contributed by atoms with Crippen LogP contribution in [0, 0.1) is 0 Å². The number of carbonyl (C=O) groups is 1. The van der Waals surface area contributed by atoms with E-state index in [9.17, 15) is 4.79 Å². The van der Waals surface area contributed by atoms with E-state index in [1.807, 2.05) is 4.90 Å². The van der Waals surface area contributed by atoms with Crippen LogP contribution in [0.5, 0.6) is 0 Å². The van der Waals surface area contributed by atoms with Crippen molar-refractivity contribution in [2.75, 3.05) is 31.9 Å². The maximum Gasteiger partial charge on any atom is 0.256 e. The minimum atomic E-state index is -0.0305. The van der Waals surface area contributed by atoms with Gasteiger partial charge in [0.25, 0.3) is 5.91 Å². The van der Waals surface area contributed by atoms with Crippen LogP contribution in [0.25, 0.3) is 0 Å². The third-order valence-corrected chi connectivity index (χ3v) is 4.46. The first-order valence-corrected chi connectivity index (χ1v) is 7.47. The number of fused-ring (bicyclic) bond motifs is 1. The summed E-state index contributed by atoms with van der Waals surface area (Å²) < 4.78 is 0. The summed E-state index contributed by atoms with van der Waals surface area (Å²) in [5.41, 5.74) is 6.71. The Kier molecular flexibility index (Phi) is 3.81. The molecule has 0 aromatic carbocycles. The number of nitrogens with zero attached hydrogens (tertiary/aromatic N) is 3. The number of pyridine rings is 1. The number of piperidine rings is 1. The van der Waals surface area contributed by atoms with Gasteiger partial charge in [-0.05, 0) is 25.5 Å². The van der Waals surface area contributed by atoms with Gasteiger partial charge in [0.2, 0.25) is 0 Å². The number of carbonyl (C=O) groups excluding carboxylic acids is 1. The highest BCUT2D eigenvalue weighted by Crippen LogP contribution is 2.24. The van der Waals surface area contributed by atoms with E-state index in [4.69, 9.17) is 17.3 Å². The first-order chi connectivity index (χ1) is 9.65. The lowest BCUT2D eigenvalue weighted by Crippen LogP contribution is -2.56. The molecule has 0 spiro atoms. The summed E-state index contributed by atoms with van der Waals surface area (Å²) in [6.07, 6.45) is 5.16. The van der Waals surface area contributed by atoms with E-state index in [1.54, 1.807) is 6.07 Å². The second-order valence-electron chi connectivity index (χ2n) is 5.53. The molecule has 2 N–H and O–H groups in total. The number of piperazine rings is 1. The van der Waals surface area contributed by atoms with Crippen molar-refractivity contribution in [3.63, 3.8) is 0 Å². The van der Waals surface area contributed by atoms with Crippen molar-refractivity contribution in [2.45, 2.75) is 25.3 Å². The van der Waals surface area contributed by atoms with Gasteiger partial charge in [-0.15, -0.1) is 0 Å². The predicted octanol–water partition coefficient (Wildman–Crippen LogP) is 1.63. The molecule has 1 unspecified atom stereocenters. The van der Waals surface area contributed by atoms with Crippen molar-refractivity contribution >= 4 is 23.2 Å². The van der Waals surface area contributed by atoms with Gasteiger partial charge in [-0.2, -0.15) is 0 Å². The third-order valence-electron chi connectivity index (χ3n) is 4.26. The molecule has 0 radical (unpaired) electrons. The molecule has 0 bridgehead atoms. The summed E-state index contributed by atoms with van der Waals surface area (Å²) in [6.45, 7) is 3.66. The molecule has 1 aromatic rings. The van der Waals surface area contributed by atoms with Gasteiger partial charge in [-0.1, -0.05) is 18.0 Å². The average Bonchev–Trinajstić information content (AvgIpc) is 2.48. The van der Waals surface area contributed by atoms with Crippen molar-refractivity contribution in [3.8, 4) is 0 Å². The smallest absolute Gasteiger partial charge is 0.256 e. The van der Waals surface area contributed by atoms with E-state index in [2.05, 4.69) is 9.88 Å². The summed E-state index contributed by atoms with van der Waals surface area (Å²) in [5, 5.41) is 0.304. The lowest BCUT2D eigenvalue weighted by atomic mass is 9.99. The van der Waals surface area contributed by atoms with Crippen LogP contribution in [0.4, 0.5) is 5.69 Å². The molecule has 2 aliphatic heterocycles. The Balaban J connectivity index is 1.76. The normalized spacial score (nSPS) is 23.4. The van der Waals surface area contributed by atoms with Crippen LogP contribution >= 0.6 is 11.6 Å². The molecule has 108 valence electrons. The van der Waals surface area contributed by atoms with Gasteiger partial charge in [0.15, 0.2) is 0 Å². The highest BCUT2D eigenvalue weighted by atomic mass is 35.5. The number of hydrogen-bond acceptors (Lipinski definition) is 4. The molecule has 1 aromatic heterocycles. The average molecular weight is 295 g/mol. The standard InChI is InChI=1S/C14H19ClN4O/c15-13-7-11(12(16)8-17-13)14(20)19-6-5-18-4-2-1-3-10(18)9-19/h7-8,10H,1-6,9,16H2. The van der Waals surface area contributed by atoms with E-state index < -0.39 is 0 Å². The number of hydrogen-bond donors (Lipinski definition) is 1. The van der Waals surface area contributed by atoms with Gasteiger partial charge in [-0.3, -0.25) is 9.69 Å². The fraction of sp³-hybridized carbons (Fsp3) is 0.571. The highest BCUT2D eigenvalue weighted by Gasteiger charge is 2.31. The van der Waals surface area contributed by atoms with Crippen molar-refractivity contribution < 1.29 is 4.79 Å². The van der Waals surface area contributed by atoms with Gasteiger partial charge >= 0.3 is 0 Å². The largest absolute Gasteiger partial charge is 0.397 e.